The molecule has 4 aromatic rings. The topological polar surface area (TPSA) is 55.2 Å². The predicted octanol–water partition coefficient (Wildman–Crippen LogP) is 5.07. The van der Waals surface area contributed by atoms with Crippen molar-refractivity contribution < 1.29 is 4.74 Å². The van der Waals surface area contributed by atoms with E-state index in [0.29, 0.717) is 6.54 Å². The average molecular weight is 470 g/mol. The summed E-state index contributed by atoms with van der Waals surface area (Å²) < 4.78 is 7.64. The van der Waals surface area contributed by atoms with Crippen LogP contribution in [-0.4, -0.2) is 31.7 Å². The molecule has 0 bridgehead atoms. The molecule has 1 N–H and O–H groups in total. The summed E-state index contributed by atoms with van der Waals surface area (Å²) in [7, 11) is 1.68. The zero-order chi connectivity index (χ0) is 23.7. The van der Waals surface area contributed by atoms with E-state index < -0.39 is 0 Å². The molecule has 1 fully saturated rings. The van der Waals surface area contributed by atoms with Gasteiger partial charge >= 0.3 is 0 Å². The molecule has 172 valence electrons. The first kappa shape index (κ1) is 22.1. The SMILES string of the molecule is COc1ccc(-n2c(C)cc([C@H]3[C@@H](c4ccccn4)NC(=S)N3Cc3ccncc3)c2C)cc1. The number of thiocarbonyl (C=S) groups is 1. The van der Waals surface area contributed by atoms with Crippen molar-refractivity contribution in [1.29, 1.82) is 0 Å². The molecular weight excluding hydrogens is 442 g/mol. The van der Waals surface area contributed by atoms with Crippen LogP contribution in [-0.2, 0) is 6.54 Å². The van der Waals surface area contributed by atoms with Gasteiger partial charge in [-0.15, -0.1) is 0 Å². The first-order valence-corrected chi connectivity index (χ1v) is 11.7. The summed E-state index contributed by atoms with van der Waals surface area (Å²) in [5.74, 6) is 0.843. The maximum Gasteiger partial charge on any atom is 0.170 e. The number of aryl methyl sites for hydroxylation is 1. The molecule has 2 atom stereocenters. The van der Waals surface area contributed by atoms with Gasteiger partial charge in [0.1, 0.15) is 5.75 Å². The first-order valence-electron chi connectivity index (χ1n) is 11.3. The Morgan fingerprint density at radius 1 is 1.00 bits per heavy atom. The molecule has 0 amide bonds. The molecule has 0 aliphatic carbocycles. The third-order valence-corrected chi connectivity index (χ3v) is 6.77. The fraction of sp³-hybridized carbons (Fsp3) is 0.222. The van der Waals surface area contributed by atoms with Crippen molar-refractivity contribution in [2.24, 2.45) is 0 Å². The standard InChI is InChI=1S/C27H27N5OS/c1-18-16-23(19(2)32(18)21-7-9-22(33-3)10-8-21)26-25(24-6-4-5-13-29-24)30-27(34)31(26)17-20-11-14-28-15-12-20/h4-16,25-26H,17H2,1-3H3,(H,30,34)/t25-,26+/m1/s1. The van der Waals surface area contributed by atoms with Gasteiger partial charge < -0.3 is 19.5 Å². The number of rotatable bonds is 6. The van der Waals surface area contributed by atoms with Crippen LogP contribution in [0.25, 0.3) is 5.69 Å². The Balaban J connectivity index is 1.60. The van der Waals surface area contributed by atoms with Gasteiger partial charge in [0.2, 0.25) is 0 Å². The second-order valence-corrected chi connectivity index (χ2v) is 8.86. The maximum atomic E-state index is 5.85. The minimum Gasteiger partial charge on any atom is -0.497 e. The lowest BCUT2D eigenvalue weighted by molar-refractivity contribution is 0.310. The molecule has 0 spiro atoms. The minimum absolute atomic E-state index is 0.00577. The molecule has 1 aliphatic rings. The number of hydrogen-bond donors (Lipinski definition) is 1. The fourth-order valence-electron chi connectivity index (χ4n) is 4.81. The van der Waals surface area contributed by atoms with E-state index in [-0.39, 0.29) is 12.1 Å². The van der Waals surface area contributed by atoms with Crippen LogP contribution in [0.2, 0.25) is 0 Å². The maximum absolute atomic E-state index is 5.85. The lowest BCUT2D eigenvalue weighted by Crippen LogP contribution is -2.29. The van der Waals surface area contributed by atoms with Crippen molar-refractivity contribution in [3.8, 4) is 11.4 Å². The Labute approximate surface area is 205 Å². The lowest BCUT2D eigenvalue weighted by atomic mass is 9.96. The summed E-state index contributed by atoms with van der Waals surface area (Å²) in [6.45, 7) is 5.01. The largest absolute Gasteiger partial charge is 0.497 e. The van der Waals surface area contributed by atoms with Crippen LogP contribution in [0.4, 0.5) is 0 Å². The number of nitrogens with zero attached hydrogens (tertiary/aromatic N) is 4. The smallest absolute Gasteiger partial charge is 0.170 e. The van der Waals surface area contributed by atoms with Crippen LogP contribution in [0.5, 0.6) is 5.75 Å². The highest BCUT2D eigenvalue weighted by atomic mass is 32.1. The van der Waals surface area contributed by atoms with Gasteiger partial charge in [-0.1, -0.05) is 6.07 Å². The van der Waals surface area contributed by atoms with E-state index in [4.69, 9.17) is 17.0 Å². The molecule has 0 radical (unpaired) electrons. The normalized spacial score (nSPS) is 17.6. The molecule has 0 saturated carbocycles. The van der Waals surface area contributed by atoms with E-state index in [2.05, 4.69) is 62.9 Å². The third kappa shape index (κ3) is 4.03. The average Bonchev–Trinajstić information content (AvgIpc) is 3.35. The predicted molar refractivity (Wildman–Crippen MR) is 137 cm³/mol. The van der Waals surface area contributed by atoms with E-state index in [1.54, 1.807) is 7.11 Å². The highest BCUT2D eigenvalue weighted by Gasteiger charge is 2.41. The lowest BCUT2D eigenvalue weighted by Gasteiger charge is -2.28. The van der Waals surface area contributed by atoms with Gasteiger partial charge in [-0.25, -0.2) is 0 Å². The minimum atomic E-state index is -0.0552. The second-order valence-electron chi connectivity index (χ2n) is 8.47. The molecule has 1 aliphatic heterocycles. The number of aromatic nitrogens is 3. The van der Waals surface area contributed by atoms with Gasteiger partial charge in [0.25, 0.3) is 0 Å². The Kier molecular flexibility index (Phi) is 6.02. The van der Waals surface area contributed by atoms with E-state index >= 15 is 0 Å². The molecular formula is C27H27N5OS. The highest BCUT2D eigenvalue weighted by molar-refractivity contribution is 7.80. The van der Waals surface area contributed by atoms with Crippen molar-refractivity contribution in [3.63, 3.8) is 0 Å². The zero-order valence-corrected chi connectivity index (χ0v) is 20.3. The number of benzene rings is 1. The Hall–Kier alpha value is -3.71. The number of methoxy groups -OCH3 is 1. The van der Waals surface area contributed by atoms with Crippen LogP contribution in [0.3, 0.4) is 0 Å². The van der Waals surface area contributed by atoms with Gasteiger partial charge in [0, 0.05) is 42.2 Å². The summed E-state index contributed by atoms with van der Waals surface area (Å²) in [6, 6.07) is 20.5. The van der Waals surface area contributed by atoms with Gasteiger partial charge in [0.15, 0.2) is 5.11 Å². The zero-order valence-electron chi connectivity index (χ0n) is 19.5. The first-order chi connectivity index (χ1) is 16.6. The fourth-order valence-corrected chi connectivity index (χ4v) is 5.12. The Morgan fingerprint density at radius 2 is 1.76 bits per heavy atom. The van der Waals surface area contributed by atoms with Gasteiger partial charge in [0.05, 0.1) is 24.9 Å². The molecule has 34 heavy (non-hydrogen) atoms. The number of hydrogen-bond acceptors (Lipinski definition) is 4. The molecule has 7 heteroatoms. The van der Waals surface area contributed by atoms with Crippen molar-refractivity contribution in [2.75, 3.05) is 7.11 Å². The van der Waals surface area contributed by atoms with Crippen molar-refractivity contribution >= 4 is 17.3 Å². The molecule has 3 aromatic heterocycles. The Morgan fingerprint density at radius 3 is 2.44 bits per heavy atom. The number of nitrogens with one attached hydrogen (secondary N) is 1. The quantitative estimate of drug-likeness (QED) is 0.398. The van der Waals surface area contributed by atoms with E-state index in [9.17, 15) is 0 Å². The van der Waals surface area contributed by atoms with Crippen LogP contribution in [0, 0.1) is 13.8 Å². The summed E-state index contributed by atoms with van der Waals surface area (Å²) in [6.07, 6.45) is 5.48. The van der Waals surface area contributed by atoms with Gasteiger partial charge in [-0.05, 0) is 91.8 Å². The summed E-state index contributed by atoms with van der Waals surface area (Å²) >= 11 is 5.85. The number of pyridine rings is 2. The van der Waals surface area contributed by atoms with Crippen LogP contribution in [0.15, 0.2) is 79.3 Å². The third-order valence-electron chi connectivity index (χ3n) is 6.42. The monoisotopic (exact) mass is 469 g/mol. The van der Waals surface area contributed by atoms with Crippen LogP contribution in [0.1, 0.15) is 40.3 Å². The van der Waals surface area contributed by atoms with Gasteiger partial charge in [-0.3, -0.25) is 9.97 Å². The Bertz CT molecular complexity index is 1290. The van der Waals surface area contributed by atoms with Crippen molar-refractivity contribution in [2.45, 2.75) is 32.5 Å². The summed E-state index contributed by atoms with van der Waals surface area (Å²) in [5, 5.41) is 4.28. The number of ether oxygens (including phenoxy) is 1. The molecule has 6 nitrogen and oxygen atoms in total. The highest BCUT2D eigenvalue weighted by Crippen LogP contribution is 2.42. The molecule has 5 rings (SSSR count). The van der Waals surface area contributed by atoms with Crippen molar-refractivity contribution in [3.05, 3.63) is 107 Å². The summed E-state index contributed by atoms with van der Waals surface area (Å²) in [4.78, 5) is 11.1. The van der Waals surface area contributed by atoms with Crippen molar-refractivity contribution in [1.82, 2.24) is 24.8 Å². The van der Waals surface area contributed by atoms with E-state index in [1.807, 2.05) is 55.0 Å². The van der Waals surface area contributed by atoms with E-state index in [1.165, 1.54) is 17.0 Å². The molecule has 4 heterocycles. The molecule has 1 aromatic carbocycles. The summed E-state index contributed by atoms with van der Waals surface area (Å²) in [5.41, 5.74) is 6.81. The molecule has 0 unspecified atom stereocenters. The molecule has 1 saturated heterocycles. The van der Waals surface area contributed by atoms with Crippen LogP contribution < -0.4 is 10.1 Å². The second kappa shape index (κ2) is 9.27. The van der Waals surface area contributed by atoms with Crippen LogP contribution >= 0.6 is 12.2 Å². The van der Waals surface area contributed by atoms with E-state index in [0.717, 1.165) is 27.8 Å². The van der Waals surface area contributed by atoms with Gasteiger partial charge in [-0.2, -0.15) is 0 Å².